The Morgan fingerprint density at radius 3 is 2.77 bits per heavy atom. The van der Waals surface area contributed by atoms with Crippen LogP contribution in [0.2, 0.25) is 0 Å². The number of aromatic amines is 1. The zero-order valence-corrected chi connectivity index (χ0v) is 14.7. The summed E-state index contributed by atoms with van der Waals surface area (Å²) in [6, 6.07) is 6.51. The summed E-state index contributed by atoms with van der Waals surface area (Å²) in [7, 11) is 0. The zero-order chi connectivity index (χ0) is 18.7. The standard InChI is InChI=1S/C19H21N3O4/c1-11-14(12(2)26-22-11)7-8-18(23)21-17(19(24)25)9-13-10-20-16-6-4-3-5-15(13)16/h3-6,10,17,20H,7-9H2,1-2H3,(H,21,23)(H,24,25)/p-1/t17-/m0/s1. The predicted molar refractivity (Wildman–Crippen MR) is 93.2 cm³/mol. The minimum Gasteiger partial charge on any atom is -0.548 e. The second kappa shape index (κ2) is 7.43. The van der Waals surface area contributed by atoms with Crippen molar-refractivity contribution >= 4 is 22.8 Å². The van der Waals surface area contributed by atoms with Crippen molar-refractivity contribution in [3.63, 3.8) is 0 Å². The number of rotatable bonds is 7. The molecule has 3 aromatic rings. The fraction of sp³-hybridized carbons (Fsp3) is 0.316. The number of para-hydroxylation sites is 1. The van der Waals surface area contributed by atoms with Crippen LogP contribution in [0.1, 0.15) is 29.0 Å². The van der Waals surface area contributed by atoms with Gasteiger partial charge in [0.05, 0.1) is 17.7 Å². The number of aryl methyl sites for hydroxylation is 2. The predicted octanol–water partition coefficient (Wildman–Crippen LogP) is 1.18. The van der Waals surface area contributed by atoms with Crippen molar-refractivity contribution in [2.45, 2.75) is 39.2 Å². The van der Waals surface area contributed by atoms with E-state index < -0.39 is 12.0 Å². The summed E-state index contributed by atoms with van der Waals surface area (Å²) in [6.45, 7) is 3.60. The van der Waals surface area contributed by atoms with Gasteiger partial charge in [0.15, 0.2) is 0 Å². The van der Waals surface area contributed by atoms with Crippen LogP contribution in [0.5, 0.6) is 0 Å². The van der Waals surface area contributed by atoms with Crippen LogP contribution < -0.4 is 10.4 Å². The van der Waals surface area contributed by atoms with Crippen LogP contribution in [0.25, 0.3) is 10.9 Å². The summed E-state index contributed by atoms with van der Waals surface area (Å²) in [5.41, 5.74) is 3.36. The number of benzene rings is 1. The summed E-state index contributed by atoms with van der Waals surface area (Å²) in [4.78, 5) is 26.8. The van der Waals surface area contributed by atoms with Crippen LogP contribution >= 0.6 is 0 Å². The Balaban J connectivity index is 1.65. The van der Waals surface area contributed by atoms with Crippen LogP contribution in [-0.2, 0) is 22.4 Å². The Morgan fingerprint density at radius 2 is 2.08 bits per heavy atom. The third-order valence-corrected chi connectivity index (χ3v) is 4.50. The van der Waals surface area contributed by atoms with Gasteiger partial charge in [0.25, 0.3) is 0 Å². The molecule has 0 saturated heterocycles. The molecule has 0 radical (unpaired) electrons. The lowest BCUT2D eigenvalue weighted by atomic mass is 10.0. The smallest absolute Gasteiger partial charge is 0.220 e. The highest BCUT2D eigenvalue weighted by Crippen LogP contribution is 2.19. The molecule has 0 bridgehead atoms. The molecule has 1 amide bonds. The third-order valence-electron chi connectivity index (χ3n) is 4.50. The monoisotopic (exact) mass is 354 g/mol. The first-order chi connectivity index (χ1) is 12.5. The van der Waals surface area contributed by atoms with Crippen molar-refractivity contribution < 1.29 is 19.2 Å². The molecule has 2 heterocycles. The minimum absolute atomic E-state index is 0.153. The summed E-state index contributed by atoms with van der Waals surface area (Å²) in [5, 5.41) is 18.8. The zero-order valence-electron chi connectivity index (χ0n) is 14.7. The summed E-state index contributed by atoms with van der Waals surface area (Å²) in [5.74, 6) is -0.981. The lowest BCUT2D eigenvalue weighted by Crippen LogP contribution is -2.49. The molecule has 136 valence electrons. The average Bonchev–Trinajstić information content (AvgIpc) is 3.16. The fourth-order valence-corrected chi connectivity index (χ4v) is 3.08. The van der Waals surface area contributed by atoms with Crippen molar-refractivity contribution in [3.05, 3.63) is 53.0 Å². The van der Waals surface area contributed by atoms with E-state index in [1.165, 1.54) is 0 Å². The molecule has 2 N–H and O–H groups in total. The van der Waals surface area contributed by atoms with E-state index in [4.69, 9.17) is 4.52 Å². The topological polar surface area (TPSA) is 111 Å². The number of carboxylic acid groups (broad SMARTS) is 1. The van der Waals surface area contributed by atoms with Gasteiger partial charge in [-0.1, -0.05) is 23.4 Å². The number of carbonyl (C=O) groups is 2. The summed E-state index contributed by atoms with van der Waals surface area (Å²) < 4.78 is 5.07. The first kappa shape index (κ1) is 17.7. The highest BCUT2D eigenvalue weighted by Gasteiger charge is 2.17. The van der Waals surface area contributed by atoms with Gasteiger partial charge >= 0.3 is 0 Å². The molecule has 1 aromatic carbocycles. The number of fused-ring (bicyclic) bond motifs is 1. The molecule has 0 aliphatic carbocycles. The van der Waals surface area contributed by atoms with Gasteiger partial charge in [-0.05, 0) is 31.9 Å². The Morgan fingerprint density at radius 1 is 1.31 bits per heavy atom. The molecule has 3 rings (SSSR count). The van der Waals surface area contributed by atoms with E-state index in [2.05, 4.69) is 15.5 Å². The van der Waals surface area contributed by atoms with Crippen molar-refractivity contribution in [2.24, 2.45) is 0 Å². The Bertz CT molecular complexity index is 922. The molecule has 0 spiro atoms. The fourth-order valence-electron chi connectivity index (χ4n) is 3.08. The van der Waals surface area contributed by atoms with Gasteiger partial charge in [-0.15, -0.1) is 0 Å². The number of nitrogens with one attached hydrogen (secondary N) is 2. The van der Waals surface area contributed by atoms with Gasteiger partial charge in [0.2, 0.25) is 5.91 Å². The molecule has 0 fully saturated rings. The largest absolute Gasteiger partial charge is 0.548 e. The van der Waals surface area contributed by atoms with E-state index in [0.717, 1.165) is 27.7 Å². The van der Waals surface area contributed by atoms with Crippen molar-refractivity contribution in [1.82, 2.24) is 15.5 Å². The molecule has 0 aliphatic heterocycles. The molecule has 0 aliphatic rings. The van der Waals surface area contributed by atoms with Crippen LogP contribution in [0.15, 0.2) is 35.0 Å². The van der Waals surface area contributed by atoms with Crippen molar-refractivity contribution in [3.8, 4) is 0 Å². The SMILES string of the molecule is Cc1noc(C)c1CCC(=O)N[C@@H](Cc1c[nH]c2ccccc12)C(=O)[O-]. The van der Waals surface area contributed by atoms with Crippen molar-refractivity contribution in [2.75, 3.05) is 0 Å². The molecule has 7 heteroatoms. The number of hydrogen-bond donors (Lipinski definition) is 2. The molecular weight excluding hydrogens is 334 g/mol. The molecule has 26 heavy (non-hydrogen) atoms. The van der Waals surface area contributed by atoms with Gasteiger partial charge in [-0.3, -0.25) is 4.79 Å². The van der Waals surface area contributed by atoms with E-state index in [1.54, 1.807) is 13.1 Å². The number of hydrogen-bond acceptors (Lipinski definition) is 5. The Hall–Kier alpha value is -3.09. The second-order valence-electron chi connectivity index (χ2n) is 6.31. The molecule has 0 unspecified atom stereocenters. The van der Waals surface area contributed by atoms with Crippen molar-refractivity contribution in [1.29, 1.82) is 0 Å². The van der Waals surface area contributed by atoms with Gasteiger partial charge in [-0.2, -0.15) is 0 Å². The molecule has 7 nitrogen and oxygen atoms in total. The van der Waals surface area contributed by atoms with Crippen LogP contribution in [-0.4, -0.2) is 28.1 Å². The number of aliphatic carboxylic acids is 1. The Kier molecular flexibility index (Phi) is 5.06. The van der Waals surface area contributed by atoms with Gasteiger partial charge < -0.3 is 24.7 Å². The lowest BCUT2D eigenvalue weighted by molar-refractivity contribution is -0.308. The minimum atomic E-state index is -1.30. The van der Waals surface area contributed by atoms with E-state index in [-0.39, 0.29) is 18.7 Å². The quantitative estimate of drug-likeness (QED) is 0.662. The molecule has 1 atom stereocenters. The average molecular weight is 354 g/mol. The summed E-state index contributed by atoms with van der Waals surface area (Å²) in [6.07, 6.45) is 2.51. The Labute approximate surface area is 150 Å². The highest BCUT2D eigenvalue weighted by atomic mass is 16.5. The number of nitrogens with zero attached hydrogens (tertiary/aromatic N) is 1. The first-order valence-corrected chi connectivity index (χ1v) is 8.42. The lowest BCUT2D eigenvalue weighted by Gasteiger charge is -2.19. The number of aromatic nitrogens is 2. The van der Waals surface area contributed by atoms with Gasteiger partial charge in [-0.25, -0.2) is 0 Å². The van der Waals surface area contributed by atoms with E-state index in [1.807, 2.05) is 31.2 Å². The maximum atomic E-state index is 12.2. The van der Waals surface area contributed by atoms with Crippen LogP contribution in [0.3, 0.4) is 0 Å². The normalized spacial score (nSPS) is 12.2. The van der Waals surface area contributed by atoms with E-state index in [0.29, 0.717) is 12.2 Å². The van der Waals surface area contributed by atoms with Crippen LogP contribution in [0.4, 0.5) is 0 Å². The first-order valence-electron chi connectivity index (χ1n) is 8.42. The number of amides is 1. The molecule has 2 aromatic heterocycles. The van der Waals surface area contributed by atoms with E-state index >= 15 is 0 Å². The second-order valence-corrected chi connectivity index (χ2v) is 6.31. The summed E-state index contributed by atoms with van der Waals surface area (Å²) >= 11 is 0. The van der Waals surface area contributed by atoms with Gasteiger partial charge in [0, 0.05) is 35.5 Å². The molecule has 0 saturated carbocycles. The number of H-pyrrole nitrogens is 1. The van der Waals surface area contributed by atoms with Crippen LogP contribution in [0, 0.1) is 13.8 Å². The maximum Gasteiger partial charge on any atom is 0.220 e. The maximum absolute atomic E-state index is 12.2. The molecular formula is C19H20N3O4-. The van der Waals surface area contributed by atoms with Gasteiger partial charge in [0.1, 0.15) is 5.76 Å². The number of carboxylic acids is 1. The van der Waals surface area contributed by atoms with E-state index in [9.17, 15) is 14.7 Å². The highest BCUT2D eigenvalue weighted by molar-refractivity contribution is 5.86. The number of carbonyl (C=O) groups excluding carboxylic acids is 2. The third kappa shape index (κ3) is 3.77.